The van der Waals surface area contributed by atoms with Crippen LogP contribution in [0.1, 0.15) is 12.0 Å². The lowest BCUT2D eigenvalue weighted by molar-refractivity contribution is 0.305. The Kier molecular flexibility index (Phi) is 3.75. The zero-order valence-electron chi connectivity index (χ0n) is 6.85. The van der Waals surface area contributed by atoms with E-state index in [0.29, 0.717) is 12.0 Å². The van der Waals surface area contributed by atoms with Crippen molar-refractivity contribution in [3.63, 3.8) is 0 Å². The second-order valence-corrected chi connectivity index (χ2v) is 2.75. The third-order valence-corrected chi connectivity index (χ3v) is 1.80. The van der Waals surface area contributed by atoms with Crippen LogP contribution in [-0.2, 0) is 0 Å². The molecule has 0 fully saturated rings. The summed E-state index contributed by atoms with van der Waals surface area (Å²) in [5.74, 6) is 4.87. The summed E-state index contributed by atoms with van der Waals surface area (Å²) < 4.78 is 12.8. The number of hydrogen-bond acceptors (Lipinski definition) is 1. The highest BCUT2D eigenvalue weighted by molar-refractivity contribution is 6.31. The SMILES string of the molecule is OCCC#Cc1cccc(F)c1Cl. The molecule has 0 aromatic heterocycles. The van der Waals surface area contributed by atoms with E-state index in [1.54, 1.807) is 12.1 Å². The van der Waals surface area contributed by atoms with Crippen LogP contribution in [0.3, 0.4) is 0 Å². The van der Waals surface area contributed by atoms with Gasteiger partial charge >= 0.3 is 0 Å². The summed E-state index contributed by atoms with van der Waals surface area (Å²) in [6, 6.07) is 4.46. The maximum Gasteiger partial charge on any atom is 0.143 e. The fourth-order valence-electron chi connectivity index (χ4n) is 0.814. The zero-order chi connectivity index (χ0) is 9.68. The Balaban J connectivity index is 2.91. The summed E-state index contributed by atoms with van der Waals surface area (Å²) in [4.78, 5) is 0. The Morgan fingerprint density at radius 3 is 2.92 bits per heavy atom. The van der Waals surface area contributed by atoms with Gasteiger partial charge in [0.2, 0.25) is 0 Å². The molecule has 1 nitrogen and oxygen atoms in total. The lowest BCUT2D eigenvalue weighted by atomic mass is 10.2. The molecule has 0 heterocycles. The van der Waals surface area contributed by atoms with E-state index < -0.39 is 5.82 Å². The first kappa shape index (κ1) is 10.0. The average molecular weight is 199 g/mol. The minimum Gasteiger partial charge on any atom is -0.395 e. The van der Waals surface area contributed by atoms with Crippen LogP contribution in [0.2, 0.25) is 5.02 Å². The summed E-state index contributed by atoms with van der Waals surface area (Å²) in [7, 11) is 0. The topological polar surface area (TPSA) is 20.2 Å². The predicted molar refractivity (Wildman–Crippen MR) is 50.0 cm³/mol. The fraction of sp³-hybridized carbons (Fsp3) is 0.200. The van der Waals surface area contributed by atoms with Crippen molar-refractivity contribution >= 4 is 11.6 Å². The van der Waals surface area contributed by atoms with Gasteiger partial charge in [0.25, 0.3) is 0 Å². The molecule has 13 heavy (non-hydrogen) atoms. The van der Waals surface area contributed by atoms with Crippen molar-refractivity contribution in [2.24, 2.45) is 0 Å². The molecule has 1 aromatic rings. The van der Waals surface area contributed by atoms with Gasteiger partial charge < -0.3 is 5.11 Å². The van der Waals surface area contributed by atoms with E-state index in [-0.39, 0.29) is 11.6 Å². The van der Waals surface area contributed by atoms with Gasteiger partial charge in [0, 0.05) is 12.0 Å². The quantitative estimate of drug-likeness (QED) is 0.686. The van der Waals surface area contributed by atoms with E-state index in [0.717, 1.165) is 0 Å². The van der Waals surface area contributed by atoms with Crippen LogP contribution < -0.4 is 0 Å². The van der Waals surface area contributed by atoms with Crippen LogP contribution in [-0.4, -0.2) is 11.7 Å². The van der Waals surface area contributed by atoms with E-state index in [2.05, 4.69) is 11.8 Å². The van der Waals surface area contributed by atoms with Crippen molar-refractivity contribution in [2.45, 2.75) is 6.42 Å². The van der Waals surface area contributed by atoms with Crippen LogP contribution in [0.25, 0.3) is 0 Å². The number of hydrogen-bond donors (Lipinski definition) is 1. The number of benzene rings is 1. The van der Waals surface area contributed by atoms with Gasteiger partial charge in [0.15, 0.2) is 0 Å². The molecule has 1 N–H and O–H groups in total. The Morgan fingerprint density at radius 2 is 2.23 bits per heavy atom. The van der Waals surface area contributed by atoms with Gasteiger partial charge in [-0.25, -0.2) is 4.39 Å². The van der Waals surface area contributed by atoms with Crippen LogP contribution in [0, 0.1) is 17.7 Å². The molecule has 68 valence electrons. The fourth-order valence-corrected chi connectivity index (χ4v) is 0.987. The van der Waals surface area contributed by atoms with Crippen molar-refractivity contribution in [1.82, 2.24) is 0 Å². The Bertz CT molecular complexity index is 352. The molecule has 0 radical (unpaired) electrons. The molecule has 0 amide bonds. The third kappa shape index (κ3) is 2.73. The van der Waals surface area contributed by atoms with Gasteiger partial charge in [-0.15, -0.1) is 0 Å². The Morgan fingerprint density at radius 1 is 1.46 bits per heavy atom. The molecule has 0 aliphatic carbocycles. The van der Waals surface area contributed by atoms with Crippen LogP contribution in [0.5, 0.6) is 0 Å². The zero-order valence-corrected chi connectivity index (χ0v) is 7.61. The van der Waals surface area contributed by atoms with Crippen molar-refractivity contribution in [3.05, 3.63) is 34.6 Å². The van der Waals surface area contributed by atoms with Crippen molar-refractivity contribution < 1.29 is 9.50 Å². The molecule has 0 saturated carbocycles. The molecule has 0 spiro atoms. The summed E-state index contributed by atoms with van der Waals surface area (Å²) in [5, 5.41) is 8.49. The molecule has 1 rings (SSSR count). The van der Waals surface area contributed by atoms with Crippen LogP contribution >= 0.6 is 11.6 Å². The third-order valence-electron chi connectivity index (χ3n) is 1.41. The molecule has 0 unspecified atom stereocenters. The van der Waals surface area contributed by atoms with Crippen molar-refractivity contribution in [3.8, 4) is 11.8 Å². The van der Waals surface area contributed by atoms with Crippen molar-refractivity contribution in [1.29, 1.82) is 0 Å². The normalized spacial score (nSPS) is 9.15. The Hall–Kier alpha value is -1.04. The van der Waals surface area contributed by atoms with Crippen molar-refractivity contribution in [2.75, 3.05) is 6.61 Å². The van der Waals surface area contributed by atoms with Gasteiger partial charge in [0.1, 0.15) is 5.82 Å². The summed E-state index contributed by atoms with van der Waals surface area (Å²) in [5.41, 5.74) is 0.454. The van der Waals surface area contributed by atoms with E-state index in [1.165, 1.54) is 6.07 Å². The Labute approximate surface area is 81.2 Å². The van der Waals surface area contributed by atoms with Gasteiger partial charge in [-0.1, -0.05) is 29.5 Å². The van der Waals surface area contributed by atoms with Crippen LogP contribution in [0.4, 0.5) is 4.39 Å². The van der Waals surface area contributed by atoms with E-state index >= 15 is 0 Å². The number of rotatable bonds is 1. The minimum atomic E-state index is -0.475. The number of aliphatic hydroxyl groups is 1. The highest BCUT2D eigenvalue weighted by atomic mass is 35.5. The highest BCUT2D eigenvalue weighted by Gasteiger charge is 2.01. The van der Waals surface area contributed by atoms with E-state index in [4.69, 9.17) is 16.7 Å². The first-order valence-corrected chi connectivity index (χ1v) is 4.17. The molecule has 0 aliphatic rings. The highest BCUT2D eigenvalue weighted by Crippen LogP contribution is 2.18. The second-order valence-electron chi connectivity index (χ2n) is 2.38. The largest absolute Gasteiger partial charge is 0.395 e. The monoisotopic (exact) mass is 198 g/mol. The lowest BCUT2D eigenvalue weighted by Crippen LogP contribution is -1.82. The first-order chi connectivity index (χ1) is 6.25. The second kappa shape index (κ2) is 4.86. The van der Waals surface area contributed by atoms with E-state index in [9.17, 15) is 4.39 Å². The standard InChI is InChI=1S/C10H8ClFO/c11-10-8(4-1-2-7-13)5-3-6-9(10)12/h3,5-6,13H,2,7H2. The van der Waals surface area contributed by atoms with Gasteiger partial charge in [-0.3, -0.25) is 0 Å². The first-order valence-electron chi connectivity index (χ1n) is 3.79. The minimum absolute atomic E-state index is 0.0000647. The molecule has 0 aliphatic heterocycles. The smallest absolute Gasteiger partial charge is 0.143 e. The van der Waals surface area contributed by atoms with Crippen LogP contribution in [0.15, 0.2) is 18.2 Å². The number of halogens is 2. The summed E-state index contributed by atoms with van der Waals surface area (Å²) in [6.07, 6.45) is 0.368. The molecule has 0 bridgehead atoms. The number of aliphatic hydroxyl groups excluding tert-OH is 1. The maximum atomic E-state index is 12.8. The molecular formula is C10H8ClFO. The molecule has 0 atom stereocenters. The van der Waals surface area contributed by atoms with E-state index in [1.807, 2.05) is 0 Å². The van der Waals surface area contributed by atoms with Gasteiger partial charge in [-0.2, -0.15) is 0 Å². The molecule has 0 saturated heterocycles. The molecule has 3 heteroatoms. The summed E-state index contributed by atoms with van der Waals surface area (Å²) in [6.45, 7) is -0.0000647. The lowest BCUT2D eigenvalue weighted by Gasteiger charge is -1.95. The molecule has 1 aromatic carbocycles. The summed E-state index contributed by atoms with van der Waals surface area (Å²) >= 11 is 5.63. The van der Waals surface area contributed by atoms with Gasteiger partial charge in [-0.05, 0) is 12.1 Å². The predicted octanol–water partition coefficient (Wildman–Crippen LogP) is 2.21. The molecular weight excluding hydrogens is 191 g/mol. The average Bonchev–Trinajstić information content (AvgIpc) is 2.13. The van der Waals surface area contributed by atoms with Gasteiger partial charge in [0.05, 0.1) is 11.6 Å². The maximum absolute atomic E-state index is 12.8.